The van der Waals surface area contributed by atoms with E-state index in [1.807, 2.05) is 17.1 Å². The third-order valence-electron chi connectivity index (χ3n) is 7.99. The number of amides is 1. The van der Waals surface area contributed by atoms with Gasteiger partial charge in [-0.15, -0.1) is 6.58 Å². The van der Waals surface area contributed by atoms with E-state index in [-0.39, 0.29) is 35.9 Å². The fraction of sp³-hybridized carbons (Fsp3) is 0.652. The first-order valence-corrected chi connectivity index (χ1v) is 10.5. The lowest BCUT2D eigenvalue weighted by Gasteiger charge is -2.57. The van der Waals surface area contributed by atoms with Crippen LogP contribution in [0.2, 0.25) is 0 Å². The number of hydrogen-bond acceptors (Lipinski definition) is 6. The molecule has 0 spiro atoms. The minimum Gasteiger partial charge on any atom is -0.453 e. The molecule has 0 N–H and O–H groups in total. The van der Waals surface area contributed by atoms with Gasteiger partial charge in [0.2, 0.25) is 5.78 Å². The van der Waals surface area contributed by atoms with Crippen molar-refractivity contribution >= 4 is 11.9 Å². The van der Waals surface area contributed by atoms with E-state index < -0.39 is 11.2 Å². The molecule has 4 bridgehead atoms. The second-order valence-corrected chi connectivity index (χ2v) is 8.65. The van der Waals surface area contributed by atoms with E-state index in [1.165, 1.54) is 27.4 Å². The van der Waals surface area contributed by atoms with Gasteiger partial charge < -0.3 is 23.8 Å². The van der Waals surface area contributed by atoms with E-state index in [4.69, 9.17) is 18.9 Å². The largest absolute Gasteiger partial charge is 0.453 e. The third-order valence-corrected chi connectivity index (χ3v) is 7.99. The molecule has 3 aliphatic carbocycles. The van der Waals surface area contributed by atoms with E-state index in [2.05, 4.69) is 6.58 Å². The van der Waals surface area contributed by atoms with Crippen LogP contribution in [-0.2, 0) is 23.7 Å². The molecule has 4 rings (SSSR count). The molecule has 164 valence electrons. The Hall–Kier alpha value is -1.96. The molecule has 2 saturated carbocycles. The summed E-state index contributed by atoms with van der Waals surface area (Å²) in [5, 5.41) is 0. The molecule has 3 fully saturated rings. The monoisotopic (exact) mass is 417 g/mol. The third kappa shape index (κ3) is 2.55. The molecule has 1 saturated heterocycles. The highest BCUT2D eigenvalue weighted by atomic mass is 16.7. The SMILES string of the molecule is C=CC12C(OC)CCC3CN(C(=O)OC)C1[C@@H](C1=CC=CC(=O)C1(OC)OC)C[C@H]32. The van der Waals surface area contributed by atoms with E-state index in [0.717, 1.165) is 24.8 Å². The van der Waals surface area contributed by atoms with E-state index >= 15 is 0 Å². The molecular formula is C23H31NO6. The van der Waals surface area contributed by atoms with Crippen LogP contribution in [-0.4, -0.2) is 69.7 Å². The number of carbonyl (C=O) groups excluding carboxylic acids is 2. The van der Waals surface area contributed by atoms with Crippen LogP contribution in [0.5, 0.6) is 0 Å². The molecule has 7 nitrogen and oxygen atoms in total. The first kappa shape index (κ1) is 21.3. The lowest BCUT2D eigenvalue weighted by atomic mass is 9.57. The maximum Gasteiger partial charge on any atom is 0.409 e. The summed E-state index contributed by atoms with van der Waals surface area (Å²) < 4.78 is 22.5. The second-order valence-electron chi connectivity index (χ2n) is 8.65. The van der Waals surface area contributed by atoms with Gasteiger partial charge in [0.1, 0.15) is 0 Å². The molecule has 0 aromatic heterocycles. The van der Waals surface area contributed by atoms with Crippen LogP contribution < -0.4 is 0 Å². The minimum absolute atomic E-state index is 0.0615. The van der Waals surface area contributed by atoms with Gasteiger partial charge >= 0.3 is 6.09 Å². The highest BCUT2D eigenvalue weighted by Gasteiger charge is 2.69. The molecule has 1 amide bonds. The first-order chi connectivity index (χ1) is 14.4. The highest BCUT2D eigenvalue weighted by Crippen LogP contribution is 2.65. The van der Waals surface area contributed by atoms with Crippen molar-refractivity contribution in [3.63, 3.8) is 0 Å². The number of allylic oxidation sites excluding steroid dienone is 2. The zero-order valence-corrected chi connectivity index (χ0v) is 18.1. The zero-order valence-electron chi connectivity index (χ0n) is 18.1. The Labute approximate surface area is 177 Å². The van der Waals surface area contributed by atoms with Crippen molar-refractivity contribution in [3.8, 4) is 0 Å². The summed E-state index contributed by atoms with van der Waals surface area (Å²) in [5.74, 6) is -1.28. The summed E-state index contributed by atoms with van der Waals surface area (Å²) in [6, 6.07) is -0.260. The number of likely N-dealkylation sites (tertiary alicyclic amines) is 1. The second kappa shape index (κ2) is 7.62. The number of piperidine rings is 1. The summed E-state index contributed by atoms with van der Waals surface area (Å²) in [7, 11) is 6.09. The number of methoxy groups -OCH3 is 4. The molecule has 1 heterocycles. The van der Waals surface area contributed by atoms with Gasteiger partial charge in [0.25, 0.3) is 5.79 Å². The van der Waals surface area contributed by atoms with Gasteiger partial charge in [-0.3, -0.25) is 4.79 Å². The van der Waals surface area contributed by atoms with E-state index in [1.54, 1.807) is 13.2 Å². The minimum atomic E-state index is -1.49. The van der Waals surface area contributed by atoms with Crippen molar-refractivity contribution in [1.82, 2.24) is 4.90 Å². The lowest BCUT2D eigenvalue weighted by molar-refractivity contribution is -0.190. The van der Waals surface area contributed by atoms with Crippen molar-refractivity contribution in [2.45, 2.75) is 37.2 Å². The Balaban J connectivity index is 1.89. The van der Waals surface area contributed by atoms with Crippen LogP contribution >= 0.6 is 0 Å². The molecule has 6 atom stereocenters. The number of rotatable bonds is 5. The lowest BCUT2D eigenvalue weighted by Crippen LogP contribution is -2.65. The van der Waals surface area contributed by atoms with Crippen molar-refractivity contribution in [2.24, 2.45) is 23.2 Å². The normalized spacial score (nSPS) is 38.9. The fourth-order valence-electron chi connectivity index (χ4n) is 6.91. The van der Waals surface area contributed by atoms with Gasteiger partial charge in [0.15, 0.2) is 0 Å². The topological polar surface area (TPSA) is 74.3 Å². The van der Waals surface area contributed by atoms with Crippen LogP contribution in [0.25, 0.3) is 0 Å². The van der Waals surface area contributed by atoms with Crippen molar-refractivity contribution in [3.05, 3.63) is 36.5 Å². The molecular weight excluding hydrogens is 386 g/mol. The Bertz CT molecular complexity index is 800. The van der Waals surface area contributed by atoms with Gasteiger partial charge in [0.05, 0.1) is 19.3 Å². The summed E-state index contributed by atoms with van der Waals surface area (Å²) in [4.78, 5) is 27.6. The van der Waals surface area contributed by atoms with Gasteiger partial charge in [-0.05, 0) is 37.2 Å². The van der Waals surface area contributed by atoms with E-state index in [9.17, 15) is 9.59 Å². The van der Waals surface area contributed by atoms with Gasteiger partial charge in [-0.25, -0.2) is 4.79 Å². The Morgan fingerprint density at radius 1 is 1.23 bits per heavy atom. The standard InChI is InChI=1S/C23H31NO6/c1-6-22-17-12-15(16-8-7-9-18(25)23(16,29-4)30-5)20(22)24(21(26)28-3)13-14(17)10-11-19(22)27-2/h6-9,14-15,17,19-20H,1,10-13H2,2-5H3/t14?,15-,17-,19?,20?,22?/m1/s1. The molecule has 4 unspecified atom stereocenters. The molecule has 0 radical (unpaired) electrons. The van der Waals surface area contributed by atoms with Crippen LogP contribution in [0.15, 0.2) is 36.5 Å². The van der Waals surface area contributed by atoms with Crippen LogP contribution in [0.4, 0.5) is 4.79 Å². The molecule has 30 heavy (non-hydrogen) atoms. The average molecular weight is 418 g/mol. The number of ether oxygens (including phenoxy) is 4. The molecule has 4 aliphatic rings. The number of ketones is 1. The zero-order chi connectivity index (χ0) is 21.7. The van der Waals surface area contributed by atoms with Crippen molar-refractivity contribution in [2.75, 3.05) is 35.0 Å². The first-order valence-electron chi connectivity index (χ1n) is 10.5. The smallest absolute Gasteiger partial charge is 0.409 e. The van der Waals surface area contributed by atoms with Crippen LogP contribution in [0, 0.1) is 23.2 Å². The van der Waals surface area contributed by atoms with Crippen molar-refractivity contribution in [1.29, 1.82) is 0 Å². The number of nitrogens with zero attached hydrogens (tertiary/aromatic N) is 1. The summed E-state index contributed by atoms with van der Waals surface area (Å²) in [6.07, 6.45) is 9.36. The highest BCUT2D eigenvalue weighted by molar-refractivity contribution is 6.00. The van der Waals surface area contributed by atoms with Gasteiger partial charge in [-0.2, -0.15) is 0 Å². The average Bonchev–Trinajstić information content (AvgIpc) is 3.01. The van der Waals surface area contributed by atoms with Crippen molar-refractivity contribution < 1.29 is 28.5 Å². The molecule has 1 aliphatic heterocycles. The van der Waals surface area contributed by atoms with Gasteiger partial charge in [-0.1, -0.05) is 18.2 Å². The van der Waals surface area contributed by atoms with E-state index in [0.29, 0.717) is 12.5 Å². The van der Waals surface area contributed by atoms with Crippen LogP contribution in [0.1, 0.15) is 19.3 Å². The molecule has 0 aromatic carbocycles. The Morgan fingerprint density at radius 3 is 2.57 bits per heavy atom. The summed E-state index contributed by atoms with van der Waals surface area (Å²) in [6.45, 7) is 4.84. The molecule has 7 heteroatoms. The quantitative estimate of drug-likeness (QED) is 0.506. The summed E-state index contributed by atoms with van der Waals surface area (Å²) >= 11 is 0. The predicted molar refractivity (Wildman–Crippen MR) is 110 cm³/mol. The number of hydrogen-bond donors (Lipinski definition) is 0. The predicted octanol–water partition coefficient (Wildman–Crippen LogP) is 2.72. The van der Waals surface area contributed by atoms with Gasteiger partial charge in [0, 0.05) is 44.8 Å². The Morgan fingerprint density at radius 2 is 1.97 bits per heavy atom. The number of carbonyl (C=O) groups is 2. The Kier molecular flexibility index (Phi) is 5.41. The maximum absolute atomic E-state index is 12.9. The van der Waals surface area contributed by atoms with Crippen LogP contribution in [0.3, 0.4) is 0 Å². The maximum atomic E-state index is 12.9. The summed E-state index contributed by atoms with van der Waals surface area (Å²) in [5.41, 5.74) is 0.317. The fourth-order valence-corrected chi connectivity index (χ4v) is 6.91. The molecule has 0 aromatic rings.